The minimum atomic E-state index is -3.59. The first-order valence-corrected chi connectivity index (χ1v) is 8.64. The van der Waals surface area contributed by atoms with Crippen LogP contribution in [0.15, 0.2) is 57.9 Å². The van der Waals surface area contributed by atoms with Gasteiger partial charge in [-0.15, -0.1) is 0 Å². The fourth-order valence-electron chi connectivity index (χ4n) is 2.00. The highest BCUT2D eigenvalue weighted by Gasteiger charge is 2.23. The highest BCUT2D eigenvalue weighted by molar-refractivity contribution is 9.10. The molecule has 0 aromatic heterocycles. The van der Waals surface area contributed by atoms with Crippen molar-refractivity contribution in [2.24, 2.45) is 0 Å². The van der Waals surface area contributed by atoms with Gasteiger partial charge in [0.25, 0.3) is 10.0 Å². The van der Waals surface area contributed by atoms with Crippen molar-refractivity contribution in [3.8, 4) is 5.75 Å². The summed E-state index contributed by atoms with van der Waals surface area (Å²) in [4.78, 5) is 0.241. The molecule has 0 amide bonds. The van der Waals surface area contributed by atoms with Gasteiger partial charge in [0.1, 0.15) is 5.75 Å². The van der Waals surface area contributed by atoms with Crippen molar-refractivity contribution in [3.63, 3.8) is 0 Å². The minimum Gasteiger partial charge on any atom is -0.497 e. The molecule has 0 radical (unpaired) electrons. The zero-order valence-corrected chi connectivity index (χ0v) is 14.2. The molecule has 0 aliphatic heterocycles. The molecule has 2 aromatic carbocycles. The van der Waals surface area contributed by atoms with E-state index < -0.39 is 10.0 Å². The van der Waals surface area contributed by atoms with Gasteiger partial charge in [-0.25, -0.2) is 8.42 Å². The van der Waals surface area contributed by atoms with Crippen molar-refractivity contribution in [3.05, 3.63) is 53.0 Å². The second-order valence-electron chi connectivity index (χ2n) is 4.33. The van der Waals surface area contributed by atoms with E-state index in [1.807, 2.05) is 19.1 Å². The third-order valence-corrected chi connectivity index (χ3v) is 5.44. The van der Waals surface area contributed by atoms with Crippen LogP contribution in [0.2, 0.25) is 0 Å². The average molecular weight is 370 g/mol. The zero-order chi connectivity index (χ0) is 15.5. The lowest BCUT2D eigenvalue weighted by Gasteiger charge is -2.23. The number of methoxy groups -OCH3 is 1. The van der Waals surface area contributed by atoms with E-state index in [0.29, 0.717) is 18.0 Å². The van der Waals surface area contributed by atoms with Gasteiger partial charge in [-0.1, -0.05) is 22.0 Å². The number of ether oxygens (including phenoxy) is 1. The van der Waals surface area contributed by atoms with Crippen LogP contribution in [0, 0.1) is 0 Å². The van der Waals surface area contributed by atoms with Crippen LogP contribution >= 0.6 is 15.9 Å². The van der Waals surface area contributed by atoms with E-state index in [-0.39, 0.29) is 4.90 Å². The topological polar surface area (TPSA) is 46.6 Å². The van der Waals surface area contributed by atoms with Crippen LogP contribution in [-0.2, 0) is 10.0 Å². The van der Waals surface area contributed by atoms with Crippen LogP contribution in [0.1, 0.15) is 6.92 Å². The molecule has 0 spiro atoms. The first-order chi connectivity index (χ1) is 9.98. The minimum absolute atomic E-state index is 0.241. The standard InChI is InChI=1S/C15H16BrNO3S/c1-3-17(13-6-4-5-12(16)11-13)21(18,19)15-9-7-14(20-2)8-10-15/h4-11H,3H2,1-2H3. The molecular weight excluding hydrogens is 354 g/mol. The molecule has 0 N–H and O–H groups in total. The lowest BCUT2D eigenvalue weighted by Crippen LogP contribution is -2.30. The molecule has 0 fully saturated rings. The van der Waals surface area contributed by atoms with Gasteiger partial charge in [0.2, 0.25) is 0 Å². The molecule has 4 nitrogen and oxygen atoms in total. The van der Waals surface area contributed by atoms with Crippen LogP contribution in [0.5, 0.6) is 5.75 Å². The monoisotopic (exact) mass is 369 g/mol. The molecule has 0 heterocycles. The third kappa shape index (κ3) is 3.39. The van der Waals surface area contributed by atoms with E-state index in [1.54, 1.807) is 43.5 Å². The maximum Gasteiger partial charge on any atom is 0.264 e. The van der Waals surface area contributed by atoms with Gasteiger partial charge in [-0.2, -0.15) is 0 Å². The Kier molecular flexibility index (Phi) is 4.90. The van der Waals surface area contributed by atoms with Crippen LogP contribution in [0.25, 0.3) is 0 Å². The molecule has 2 aromatic rings. The van der Waals surface area contributed by atoms with Crippen molar-refractivity contribution in [1.29, 1.82) is 0 Å². The lowest BCUT2D eigenvalue weighted by atomic mass is 10.3. The summed E-state index contributed by atoms with van der Waals surface area (Å²) in [6, 6.07) is 13.6. The van der Waals surface area contributed by atoms with Crippen molar-refractivity contribution in [1.82, 2.24) is 0 Å². The SMILES string of the molecule is CCN(c1cccc(Br)c1)S(=O)(=O)c1ccc(OC)cc1. The van der Waals surface area contributed by atoms with Crippen molar-refractivity contribution in [2.75, 3.05) is 18.0 Å². The molecule has 0 unspecified atom stereocenters. The smallest absolute Gasteiger partial charge is 0.264 e. The fraction of sp³-hybridized carbons (Fsp3) is 0.200. The molecular formula is C15H16BrNO3S. The first-order valence-electron chi connectivity index (χ1n) is 6.41. The highest BCUT2D eigenvalue weighted by Crippen LogP contribution is 2.26. The number of benzene rings is 2. The second kappa shape index (κ2) is 6.49. The molecule has 0 aliphatic rings. The maximum absolute atomic E-state index is 12.7. The number of nitrogens with zero attached hydrogens (tertiary/aromatic N) is 1. The highest BCUT2D eigenvalue weighted by atomic mass is 79.9. The predicted octanol–water partition coefficient (Wildman–Crippen LogP) is 3.67. The van der Waals surface area contributed by atoms with Crippen molar-refractivity contribution < 1.29 is 13.2 Å². The third-order valence-electron chi connectivity index (χ3n) is 3.03. The van der Waals surface area contributed by atoms with Gasteiger partial charge in [0.05, 0.1) is 17.7 Å². The molecule has 0 atom stereocenters. The molecule has 0 saturated carbocycles. The summed E-state index contributed by atoms with van der Waals surface area (Å²) < 4.78 is 32.8. The van der Waals surface area contributed by atoms with Gasteiger partial charge in [0, 0.05) is 11.0 Å². The normalized spacial score (nSPS) is 11.2. The molecule has 112 valence electrons. The van der Waals surface area contributed by atoms with Gasteiger partial charge >= 0.3 is 0 Å². The van der Waals surface area contributed by atoms with Crippen molar-refractivity contribution in [2.45, 2.75) is 11.8 Å². The Bertz CT molecular complexity index is 714. The summed E-state index contributed by atoms with van der Waals surface area (Å²) in [6.45, 7) is 2.16. The number of hydrogen-bond donors (Lipinski definition) is 0. The summed E-state index contributed by atoms with van der Waals surface area (Å²) in [7, 11) is -2.04. The summed E-state index contributed by atoms with van der Waals surface area (Å²) >= 11 is 3.36. The summed E-state index contributed by atoms with van der Waals surface area (Å²) in [5.41, 5.74) is 0.627. The number of rotatable bonds is 5. The zero-order valence-electron chi connectivity index (χ0n) is 11.8. The summed E-state index contributed by atoms with van der Waals surface area (Å²) in [6.07, 6.45) is 0. The molecule has 0 aliphatic carbocycles. The lowest BCUT2D eigenvalue weighted by molar-refractivity contribution is 0.414. The molecule has 6 heteroatoms. The van der Waals surface area contributed by atoms with Gasteiger partial charge in [-0.05, 0) is 49.4 Å². The van der Waals surface area contributed by atoms with E-state index >= 15 is 0 Å². The van der Waals surface area contributed by atoms with Crippen LogP contribution in [0.4, 0.5) is 5.69 Å². The van der Waals surface area contributed by atoms with Crippen LogP contribution in [0.3, 0.4) is 0 Å². The van der Waals surface area contributed by atoms with Gasteiger partial charge in [-0.3, -0.25) is 4.31 Å². The molecule has 2 rings (SSSR count). The molecule has 21 heavy (non-hydrogen) atoms. The average Bonchev–Trinajstić information content (AvgIpc) is 2.48. The van der Waals surface area contributed by atoms with Crippen LogP contribution in [-0.4, -0.2) is 22.1 Å². The Hall–Kier alpha value is -1.53. The van der Waals surface area contributed by atoms with E-state index in [4.69, 9.17) is 4.74 Å². The molecule has 0 bridgehead atoms. The van der Waals surface area contributed by atoms with E-state index in [1.165, 1.54) is 4.31 Å². The van der Waals surface area contributed by atoms with Crippen molar-refractivity contribution >= 4 is 31.6 Å². The van der Waals surface area contributed by atoms with E-state index in [9.17, 15) is 8.42 Å². The maximum atomic E-state index is 12.7. The Morgan fingerprint density at radius 2 is 1.81 bits per heavy atom. The van der Waals surface area contributed by atoms with E-state index in [0.717, 1.165) is 4.47 Å². The van der Waals surface area contributed by atoms with E-state index in [2.05, 4.69) is 15.9 Å². The second-order valence-corrected chi connectivity index (χ2v) is 7.10. The number of halogens is 1. The largest absolute Gasteiger partial charge is 0.497 e. The van der Waals surface area contributed by atoms with Crippen LogP contribution < -0.4 is 9.04 Å². The summed E-state index contributed by atoms with van der Waals surface area (Å²) in [5.74, 6) is 0.624. The number of hydrogen-bond acceptors (Lipinski definition) is 3. The number of sulfonamides is 1. The Labute approximate surface area is 133 Å². The number of anilines is 1. The summed E-state index contributed by atoms with van der Waals surface area (Å²) in [5, 5.41) is 0. The Balaban J connectivity index is 2.44. The molecule has 0 saturated heterocycles. The Morgan fingerprint density at radius 3 is 2.33 bits per heavy atom. The Morgan fingerprint density at radius 1 is 1.14 bits per heavy atom. The van der Waals surface area contributed by atoms with Gasteiger partial charge < -0.3 is 4.74 Å². The predicted molar refractivity (Wildman–Crippen MR) is 87.3 cm³/mol. The van der Waals surface area contributed by atoms with Gasteiger partial charge in [0.15, 0.2) is 0 Å². The fourth-order valence-corrected chi connectivity index (χ4v) is 3.85. The quantitative estimate of drug-likeness (QED) is 0.807. The first kappa shape index (κ1) is 15.9.